The van der Waals surface area contributed by atoms with E-state index in [-0.39, 0.29) is 11.7 Å². The summed E-state index contributed by atoms with van der Waals surface area (Å²) < 4.78 is 0. The molecule has 1 heterocycles. The summed E-state index contributed by atoms with van der Waals surface area (Å²) in [7, 11) is 0. The number of hydrogen-bond acceptors (Lipinski definition) is 3. The van der Waals surface area contributed by atoms with Gasteiger partial charge in [-0.05, 0) is 42.2 Å². The van der Waals surface area contributed by atoms with Gasteiger partial charge in [0.2, 0.25) is 0 Å². The summed E-state index contributed by atoms with van der Waals surface area (Å²) in [5.41, 5.74) is 5.41. The second kappa shape index (κ2) is 7.82. The number of allylic oxidation sites excluding steroid dienone is 1. The van der Waals surface area contributed by atoms with Gasteiger partial charge in [-0.3, -0.25) is 4.79 Å². The van der Waals surface area contributed by atoms with Gasteiger partial charge in [0, 0.05) is 33.3 Å². The van der Waals surface area contributed by atoms with Crippen molar-refractivity contribution in [1.29, 1.82) is 0 Å². The van der Waals surface area contributed by atoms with Crippen LogP contribution >= 0.6 is 23.2 Å². The largest absolute Gasteiger partial charge is 0.372 e. The van der Waals surface area contributed by atoms with E-state index in [2.05, 4.69) is 22.8 Å². The summed E-state index contributed by atoms with van der Waals surface area (Å²) >= 11 is 13.1. The Morgan fingerprint density at radius 3 is 2.17 bits per heavy atom. The zero-order chi connectivity index (χ0) is 20.7. The second-order valence-corrected chi connectivity index (χ2v) is 8.53. The lowest BCUT2D eigenvalue weighted by Gasteiger charge is -2.30. The van der Waals surface area contributed by atoms with E-state index in [9.17, 15) is 4.79 Å². The highest BCUT2D eigenvalue weighted by molar-refractivity contribution is 6.36. The molecule has 1 aliphatic heterocycles. The highest BCUT2D eigenvalue weighted by Gasteiger charge is 2.37. The molecule has 0 amide bonds. The van der Waals surface area contributed by atoms with Crippen molar-refractivity contribution in [3.05, 3.63) is 105 Å². The molecule has 2 N–H and O–H groups in total. The molecule has 2 atom stereocenters. The number of rotatable bonds is 2. The first-order valence-corrected chi connectivity index (χ1v) is 10.7. The molecule has 2 aliphatic rings. The van der Waals surface area contributed by atoms with Gasteiger partial charge in [-0.2, -0.15) is 0 Å². The highest BCUT2D eigenvalue weighted by Crippen LogP contribution is 2.46. The molecule has 150 valence electrons. The van der Waals surface area contributed by atoms with Crippen LogP contribution in [0.1, 0.15) is 35.9 Å². The SMILES string of the molecule is O=C1CC(c2ccccc2)CC2=C1C(c1c(Cl)cccc1Cl)Nc1ccccc1N2. The van der Waals surface area contributed by atoms with Crippen LogP contribution in [-0.4, -0.2) is 5.78 Å². The summed E-state index contributed by atoms with van der Waals surface area (Å²) in [6.45, 7) is 0. The molecule has 2 unspecified atom stereocenters. The molecule has 3 aromatic rings. The number of benzene rings is 3. The first-order chi connectivity index (χ1) is 14.6. The van der Waals surface area contributed by atoms with Gasteiger partial charge in [-0.15, -0.1) is 0 Å². The molecule has 0 radical (unpaired) electrons. The number of carbonyl (C=O) groups is 1. The molecule has 0 spiro atoms. The number of ketones is 1. The number of carbonyl (C=O) groups excluding carboxylic acids is 1. The maximum Gasteiger partial charge on any atom is 0.163 e. The Morgan fingerprint density at radius 1 is 0.767 bits per heavy atom. The van der Waals surface area contributed by atoms with Crippen molar-refractivity contribution in [2.24, 2.45) is 0 Å². The standard InChI is InChI=1S/C25H20Cl2N2O/c26-17-9-6-10-18(27)23(17)25-24-21(28-19-11-4-5-12-20(19)29-25)13-16(14-22(24)30)15-7-2-1-3-8-15/h1-12,16,25,28-29H,13-14H2. The normalized spacial score (nSPS) is 20.5. The number of nitrogens with one attached hydrogen (secondary N) is 2. The number of fused-ring (bicyclic) bond motifs is 1. The van der Waals surface area contributed by atoms with Crippen LogP contribution in [0.25, 0.3) is 0 Å². The van der Waals surface area contributed by atoms with E-state index < -0.39 is 6.04 Å². The van der Waals surface area contributed by atoms with Crippen molar-refractivity contribution < 1.29 is 4.79 Å². The summed E-state index contributed by atoms with van der Waals surface area (Å²) in [6.07, 6.45) is 1.21. The van der Waals surface area contributed by atoms with Gasteiger partial charge in [0.15, 0.2) is 5.78 Å². The molecule has 0 bridgehead atoms. The Labute approximate surface area is 185 Å². The van der Waals surface area contributed by atoms with Crippen molar-refractivity contribution in [2.75, 3.05) is 10.6 Å². The molecular weight excluding hydrogens is 415 g/mol. The van der Waals surface area contributed by atoms with Crippen molar-refractivity contribution in [1.82, 2.24) is 0 Å². The third kappa shape index (κ3) is 3.38. The van der Waals surface area contributed by atoms with Crippen LogP contribution in [0.4, 0.5) is 11.4 Å². The summed E-state index contributed by atoms with van der Waals surface area (Å²) in [5, 5.41) is 8.16. The van der Waals surface area contributed by atoms with E-state index in [0.717, 1.165) is 29.1 Å². The predicted molar refractivity (Wildman–Crippen MR) is 123 cm³/mol. The van der Waals surface area contributed by atoms with E-state index in [1.807, 2.05) is 60.7 Å². The van der Waals surface area contributed by atoms with Crippen LogP contribution in [-0.2, 0) is 4.79 Å². The van der Waals surface area contributed by atoms with Gasteiger partial charge < -0.3 is 10.6 Å². The zero-order valence-corrected chi connectivity index (χ0v) is 17.7. The van der Waals surface area contributed by atoms with E-state index in [4.69, 9.17) is 23.2 Å². The molecule has 30 heavy (non-hydrogen) atoms. The topological polar surface area (TPSA) is 41.1 Å². The van der Waals surface area contributed by atoms with Crippen LogP contribution in [0.2, 0.25) is 10.0 Å². The number of anilines is 2. The van der Waals surface area contributed by atoms with Crippen LogP contribution in [0.5, 0.6) is 0 Å². The molecule has 0 saturated heterocycles. The summed E-state index contributed by atoms with van der Waals surface area (Å²) in [6, 6.07) is 23.2. The molecule has 1 aliphatic carbocycles. The first kappa shape index (κ1) is 19.2. The van der Waals surface area contributed by atoms with Crippen LogP contribution in [0, 0.1) is 0 Å². The smallest absolute Gasteiger partial charge is 0.163 e. The number of Topliss-reactive ketones (excluding diaryl/α,β-unsaturated/α-hetero) is 1. The van der Waals surface area contributed by atoms with Crippen LogP contribution in [0.3, 0.4) is 0 Å². The maximum atomic E-state index is 13.5. The zero-order valence-electron chi connectivity index (χ0n) is 16.2. The van der Waals surface area contributed by atoms with Crippen LogP contribution in [0.15, 0.2) is 84.1 Å². The van der Waals surface area contributed by atoms with Gasteiger partial charge >= 0.3 is 0 Å². The first-order valence-electron chi connectivity index (χ1n) is 9.99. The van der Waals surface area contributed by atoms with Gasteiger partial charge in [-0.25, -0.2) is 0 Å². The number of hydrogen-bond donors (Lipinski definition) is 2. The molecule has 0 aromatic heterocycles. The fraction of sp³-hybridized carbons (Fsp3) is 0.160. The Bertz CT molecular complexity index is 1140. The Balaban J connectivity index is 1.66. The van der Waals surface area contributed by atoms with Crippen molar-refractivity contribution >= 4 is 40.4 Å². The van der Waals surface area contributed by atoms with Gasteiger partial charge in [-0.1, -0.05) is 71.7 Å². The minimum Gasteiger partial charge on any atom is -0.372 e. The van der Waals surface area contributed by atoms with E-state index in [1.165, 1.54) is 5.56 Å². The average Bonchev–Trinajstić information content (AvgIpc) is 2.91. The molecule has 0 saturated carbocycles. The van der Waals surface area contributed by atoms with E-state index in [0.29, 0.717) is 22.0 Å². The van der Waals surface area contributed by atoms with Crippen LogP contribution < -0.4 is 10.6 Å². The highest BCUT2D eigenvalue weighted by atomic mass is 35.5. The molecule has 3 aromatic carbocycles. The van der Waals surface area contributed by atoms with Gasteiger partial charge in [0.1, 0.15) is 0 Å². The Hall–Kier alpha value is -2.75. The fourth-order valence-electron chi connectivity index (χ4n) is 4.46. The lowest BCUT2D eigenvalue weighted by atomic mass is 9.78. The van der Waals surface area contributed by atoms with Crippen molar-refractivity contribution in [3.8, 4) is 0 Å². The number of halogens is 2. The minimum atomic E-state index is -0.415. The Kier molecular flexibility index (Phi) is 5.01. The minimum absolute atomic E-state index is 0.110. The second-order valence-electron chi connectivity index (χ2n) is 7.71. The lowest BCUT2D eigenvalue weighted by Crippen LogP contribution is -2.27. The van der Waals surface area contributed by atoms with Gasteiger partial charge in [0.05, 0.1) is 17.4 Å². The fourth-order valence-corrected chi connectivity index (χ4v) is 5.07. The molecule has 3 nitrogen and oxygen atoms in total. The van der Waals surface area contributed by atoms with Crippen molar-refractivity contribution in [2.45, 2.75) is 24.8 Å². The third-order valence-corrected chi connectivity index (χ3v) is 6.53. The van der Waals surface area contributed by atoms with Gasteiger partial charge in [0.25, 0.3) is 0 Å². The van der Waals surface area contributed by atoms with E-state index in [1.54, 1.807) is 0 Å². The lowest BCUT2D eigenvalue weighted by molar-refractivity contribution is -0.116. The molecule has 5 heteroatoms. The molecular formula is C25H20Cl2N2O. The van der Waals surface area contributed by atoms with E-state index >= 15 is 0 Å². The predicted octanol–water partition coefficient (Wildman–Crippen LogP) is 6.97. The third-order valence-electron chi connectivity index (χ3n) is 5.87. The monoisotopic (exact) mass is 434 g/mol. The quantitative estimate of drug-likeness (QED) is 0.457. The summed E-state index contributed by atoms with van der Waals surface area (Å²) in [4.78, 5) is 13.5. The summed E-state index contributed by atoms with van der Waals surface area (Å²) in [5.74, 6) is 0.247. The average molecular weight is 435 g/mol. The van der Waals surface area contributed by atoms with Crippen molar-refractivity contribution in [3.63, 3.8) is 0 Å². The maximum absolute atomic E-state index is 13.5. The molecule has 0 fully saturated rings. The number of para-hydroxylation sites is 2. The molecule has 5 rings (SSSR count). The Morgan fingerprint density at radius 2 is 1.43 bits per heavy atom.